The van der Waals surface area contributed by atoms with Gasteiger partial charge >= 0.3 is 0 Å². The molecule has 0 atom stereocenters. The minimum absolute atomic E-state index is 0.632. The van der Waals surface area contributed by atoms with Gasteiger partial charge in [-0.2, -0.15) is 0 Å². The van der Waals surface area contributed by atoms with Crippen LogP contribution in [0.3, 0.4) is 0 Å². The highest BCUT2D eigenvalue weighted by Crippen LogP contribution is 2.10. The number of hydrazine groups is 1. The Morgan fingerprint density at radius 1 is 1.64 bits per heavy atom. The van der Waals surface area contributed by atoms with Crippen LogP contribution in [0.5, 0.6) is 0 Å². The van der Waals surface area contributed by atoms with Crippen LogP contribution in [-0.4, -0.2) is 12.1 Å². The van der Waals surface area contributed by atoms with Gasteiger partial charge in [-0.05, 0) is 18.4 Å². The molecule has 0 bridgehead atoms. The van der Waals surface area contributed by atoms with Crippen molar-refractivity contribution >= 4 is 0 Å². The Labute approximate surface area is 69.3 Å². The van der Waals surface area contributed by atoms with E-state index < -0.39 is 0 Å². The smallest absolute Gasteiger partial charge is 0.0290 e. The molecule has 0 saturated carbocycles. The van der Waals surface area contributed by atoms with Gasteiger partial charge in [0.2, 0.25) is 0 Å². The summed E-state index contributed by atoms with van der Waals surface area (Å²) in [5.41, 5.74) is 1.12. The van der Waals surface area contributed by atoms with Crippen LogP contribution in [-0.2, 0) is 0 Å². The van der Waals surface area contributed by atoms with Crippen molar-refractivity contribution in [1.29, 1.82) is 0 Å². The van der Waals surface area contributed by atoms with Crippen molar-refractivity contribution in [3.63, 3.8) is 0 Å². The number of hydrogen-bond donors (Lipinski definition) is 1. The van der Waals surface area contributed by atoms with Crippen LogP contribution in [0.2, 0.25) is 0 Å². The maximum absolute atomic E-state index is 5.59. The Morgan fingerprint density at radius 2 is 2.18 bits per heavy atom. The molecule has 64 valence electrons. The molecule has 11 heavy (non-hydrogen) atoms. The first-order chi connectivity index (χ1) is 5.07. The molecule has 0 amide bonds. The predicted molar refractivity (Wildman–Crippen MR) is 49.7 cm³/mol. The third-order valence-corrected chi connectivity index (χ3v) is 1.38. The zero-order chi connectivity index (χ0) is 8.85. The van der Waals surface area contributed by atoms with Crippen LogP contribution >= 0.6 is 0 Å². The molecule has 0 saturated heterocycles. The Balaban J connectivity index is 4.11. The van der Waals surface area contributed by atoms with Gasteiger partial charge in [0.25, 0.3) is 0 Å². The minimum Gasteiger partial charge on any atom is -0.318 e. The minimum atomic E-state index is 0.632. The van der Waals surface area contributed by atoms with Gasteiger partial charge in [-0.15, -0.1) is 0 Å². The summed E-state index contributed by atoms with van der Waals surface area (Å²) in [6, 6.07) is 0. The van der Waals surface area contributed by atoms with Crippen molar-refractivity contribution in [1.82, 2.24) is 5.01 Å². The van der Waals surface area contributed by atoms with Gasteiger partial charge in [0.15, 0.2) is 0 Å². The Kier molecular flexibility index (Phi) is 4.62. The largest absolute Gasteiger partial charge is 0.318 e. The average molecular weight is 154 g/mol. The number of nitrogens with zero attached hydrogens (tertiary/aromatic N) is 1. The monoisotopic (exact) mass is 154 g/mol. The van der Waals surface area contributed by atoms with Crippen LogP contribution in [0.1, 0.15) is 20.3 Å². The molecule has 0 aliphatic rings. The molecule has 0 aliphatic carbocycles. The lowest BCUT2D eigenvalue weighted by atomic mass is 10.1. The van der Waals surface area contributed by atoms with E-state index in [0.717, 1.165) is 12.1 Å². The van der Waals surface area contributed by atoms with Crippen molar-refractivity contribution in [2.45, 2.75) is 20.3 Å². The molecule has 0 fully saturated rings. The van der Waals surface area contributed by atoms with E-state index in [1.807, 2.05) is 13.1 Å². The molecule has 0 aromatic rings. The van der Waals surface area contributed by atoms with Gasteiger partial charge < -0.3 is 5.01 Å². The molecule has 2 N–H and O–H groups in total. The second-order valence-corrected chi connectivity index (χ2v) is 3.10. The molecule has 0 unspecified atom stereocenters. The first-order valence-electron chi connectivity index (χ1n) is 3.88. The van der Waals surface area contributed by atoms with E-state index in [2.05, 4.69) is 20.4 Å². The van der Waals surface area contributed by atoms with Gasteiger partial charge in [-0.3, -0.25) is 0 Å². The molecule has 0 heterocycles. The lowest BCUT2D eigenvalue weighted by Crippen LogP contribution is -2.25. The second kappa shape index (κ2) is 4.97. The molecule has 0 radical (unpaired) electrons. The Morgan fingerprint density at radius 3 is 2.45 bits per heavy atom. The van der Waals surface area contributed by atoms with E-state index in [4.69, 9.17) is 5.84 Å². The Hall–Kier alpha value is -0.760. The highest BCUT2D eigenvalue weighted by molar-refractivity contribution is 5.08. The van der Waals surface area contributed by atoms with Crippen molar-refractivity contribution in [2.75, 3.05) is 7.05 Å². The van der Waals surface area contributed by atoms with Gasteiger partial charge in [0.1, 0.15) is 0 Å². The number of allylic oxidation sites excluding steroid dienone is 3. The third kappa shape index (κ3) is 4.62. The van der Waals surface area contributed by atoms with E-state index >= 15 is 0 Å². The second-order valence-electron chi connectivity index (χ2n) is 3.10. The van der Waals surface area contributed by atoms with Crippen molar-refractivity contribution < 1.29 is 0 Å². The van der Waals surface area contributed by atoms with E-state index in [1.54, 1.807) is 11.1 Å². The van der Waals surface area contributed by atoms with Gasteiger partial charge in [0, 0.05) is 12.7 Å². The zero-order valence-corrected chi connectivity index (χ0v) is 7.67. The molecule has 2 heteroatoms. The number of nitrogens with two attached hydrogens (primary N) is 1. The van der Waals surface area contributed by atoms with Crippen LogP contribution in [0.4, 0.5) is 0 Å². The molecule has 0 aliphatic heterocycles. The first kappa shape index (κ1) is 10.2. The first-order valence-corrected chi connectivity index (χ1v) is 3.88. The van der Waals surface area contributed by atoms with Gasteiger partial charge in [0.05, 0.1) is 0 Å². The Bertz CT molecular complexity index is 146. The van der Waals surface area contributed by atoms with Gasteiger partial charge in [-0.25, -0.2) is 5.84 Å². The highest BCUT2D eigenvalue weighted by Gasteiger charge is 2.01. The summed E-state index contributed by atoms with van der Waals surface area (Å²) in [7, 11) is 1.84. The van der Waals surface area contributed by atoms with Crippen LogP contribution in [0, 0.1) is 5.92 Å². The average Bonchev–Trinajstić information content (AvgIpc) is 1.86. The number of hydrogen-bond acceptors (Lipinski definition) is 2. The molecule has 0 aromatic heterocycles. The fraction of sp³-hybridized carbons (Fsp3) is 0.556. The highest BCUT2D eigenvalue weighted by atomic mass is 15.4. The standard InChI is InChI=1S/C9H18N2/c1-5-6-9(11(4)10)7-8(2)3/h5-6,8H,1,7,10H2,2-4H3/b9-6-. The predicted octanol–water partition coefficient (Wildman–Crippen LogP) is 1.91. The third-order valence-electron chi connectivity index (χ3n) is 1.38. The fourth-order valence-corrected chi connectivity index (χ4v) is 0.884. The lowest BCUT2D eigenvalue weighted by molar-refractivity contribution is 0.400. The maximum Gasteiger partial charge on any atom is 0.0290 e. The van der Waals surface area contributed by atoms with E-state index in [-0.39, 0.29) is 0 Å². The van der Waals surface area contributed by atoms with Crippen molar-refractivity contribution in [3.05, 3.63) is 24.4 Å². The summed E-state index contributed by atoms with van der Waals surface area (Å²) in [5.74, 6) is 6.22. The summed E-state index contributed by atoms with van der Waals surface area (Å²) < 4.78 is 0. The topological polar surface area (TPSA) is 29.3 Å². The van der Waals surface area contributed by atoms with Crippen LogP contribution in [0.15, 0.2) is 24.4 Å². The van der Waals surface area contributed by atoms with Crippen molar-refractivity contribution in [2.24, 2.45) is 11.8 Å². The van der Waals surface area contributed by atoms with Crippen LogP contribution in [0.25, 0.3) is 0 Å². The quantitative estimate of drug-likeness (QED) is 0.381. The van der Waals surface area contributed by atoms with Crippen molar-refractivity contribution in [3.8, 4) is 0 Å². The van der Waals surface area contributed by atoms with E-state index in [9.17, 15) is 0 Å². The van der Waals surface area contributed by atoms with Gasteiger partial charge in [-0.1, -0.05) is 26.5 Å². The van der Waals surface area contributed by atoms with E-state index in [1.165, 1.54) is 0 Å². The summed E-state index contributed by atoms with van der Waals surface area (Å²) >= 11 is 0. The molecule has 0 rings (SSSR count). The summed E-state index contributed by atoms with van der Waals surface area (Å²) in [5, 5.41) is 1.64. The van der Waals surface area contributed by atoms with E-state index in [0.29, 0.717) is 5.92 Å². The maximum atomic E-state index is 5.59. The molecular formula is C9H18N2. The summed E-state index contributed by atoms with van der Waals surface area (Å²) in [6.07, 6.45) is 4.71. The molecular weight excluding hydrogens is 136 g/mol. The fourth-order valence-electron chi connectivity index (χ4n) is 0.884. The summed E-state index contributed by atoms with van der Waals surface area (Å²) in [4.78, 5) is 0. The van der Waals surface area contributed by atoms with Crippen LogP contribution < -0.4 is 5.84 Å². The number of rotatable bonds is 4. The summed E-state index contributed by atoms with van der Waals surface area (Å²) in [6.45, 7) is 7.97. The molecule has 2 nitrogen and oxygen atoms in total. The molecule has 0 aromatic carbocycles. The molecule has 0 spiro atoms. The zero-order valence-electron chi connectivity index (χ0n) is 7.67. The normalized spacial score (nSPS) is 11.9. The lowest BCUT2D eigenvalue weighted by Gasteiger charge is -2.17. The SMILES string of the molecule is C=C/C=C(/CC(C)C)N(C)N.